The Morgan fingerprint density at radius 3 is 2.57 bits per heavy atom. The fourth-order valence-corrected chi connectivity index (χ4v) is 2.24. The Bertz CT molecular complexity index is 332. The van der Waals surface area contributed by atoms with Gasteiger partial charge in [-0.25, -0.2) is 0 Å². The first kappa shape index (κ1) is 9.76. The molecule has 76 valence electrons. The van der Waals surface area contributed by atoms with E-state index in [1.807, 2.05) is 0 Å². The van der Waals surface area contributed by atoms with Crippen molar-refractivity contribution >= 4 is 0 Å². The Hall–Kier alpha value is -0.780. The van der Waals surface area contributed by atoms with Gasteiger partial charge < -0.3 is 0 Å². The van der Waals surface area contributed by atoms with E-state index in [0.29, 0.717) is 5.41 Å². The maximum atomic E-state index is 2.40. The highest BCUT2D eigenvalue weighted by Gasteiger charge is 2.40. The number of hydrogen-bond donors (Lipinski definition) is 0. The third-order valence-corrected chi connectivity index (χ3v) is 3.43. The van der Waals surface area contributed by atoms with Gasteiger partial charge in [0.2, 0.25) is 0 Å². The number of benzene rings is 1. The summed E-state index contributed by atoms with van der Waals surface area (Å²) in [7, 11) is 0. The summed E-state index contributed by atoms with van der Waals surface area (Å²) in [5, 5.41) is 0. The molecule has 0 amide bonds. The zero-order chi connectivity index (χ0) is 10.2. The first-order valence-corrected chi connectivity index (χ1v) is 5.76. The van der Waals surface area contributed by atoms with Crippen LogP contribution in [0, 0.1) is 6.92 Å². The van der Waals surface area contributed by atoms with Crippen LogP contribution in [0.2, 0.25) is 0 Å². The van der Waals surface area contributed by atoms with Crippen molar-refractivity contribution in [3.63, 3.8) is 0 Å². The highest BCUT2D eigenvalue weighted by Crippen LogP contribution is 2.49. The minimum Gasteiger partial charge on any atom is -0.0651 e. The Morgan fingerprint density at radius 1 is 1.29 bits per heavy atom. The number of hydrogen-bond acceptors (Lipinski definition) is 0. The van der Waals surface area contributed by atoms with Gasteiger partial charge in [-0.2, -0.15) is 0 Å². The van der Waals surface area contributed by atoms with Crippen LogP contribution in [0.15, 0.2) is 18.2 Å². The van der Waals surface area contributed by atoms with Gasteiger partial charge in [-0.05, 0) is 42.7 Å². The van der Waals surface area contributed by atoms with Crippen molar-refractivity contribution in [1.29, 1.82) is 0 Å². The zero-order valence-corrected chi connectivity index (χ0v) is 9.56. The lowest BCUT2D eigenvalue weighted by atomic mass is 9.90. The molecule has 1 aliphatic rings. The summed E-state index contributed by atoms with van der Waals surface area (Å²) in [6, 6.07) is 6.99. The summed E-state index contributed by atoms with van der Waals surface area (Å²) in [5.74, 6) is 0. The van der Waals surface area contributed by atoms with E-state index in [9.17, 15) is 0 Å². The molecule has 1 fully saturated rings. The molecule has 0 spiro atoms. The second kappa shape index (κ2) is 3.42. The van der Waals surface area contributed by atoms with Crippen LogP contribution in [-0.2, 0) is 11.8 Å². The van der Waals surface area contributed by atoms with Crippen molar-refractivity contribution in [2.75, 3.05) is 0 Å². The van der Waals surface area contributed by atoms with E-state index in [0.717, 1.165) is 0 Å². The summed E-state index contributed by atoms with van der Waals surface area (Å²) in [4.78, 5) is 0. The van der Waals surface area contributed by atoms with Crippen LogP contribution >= 0.6 is 0 Å². The van der Waals surface area contributed by atoms with E-state index in [-0.39, 0.29) is 0 Å². The Morgan fingerprint density at radius 2 is 2.00 bits per heavy atom. The smallest absolute Gasteiger partial charge is 0.00719 e. The van der Waals surface area contributed by atoms with Gasteiger partial charge in [-0.3, -0.25) is 0 Å². The minimum atomic E-state index is 0.526. The first-order valence-electron chi connectivity index (χ1n) is 5.76. The van der Waals surface area contributed by atoms with E-state index in [1.54, 1.807) is 11.1 Å². The SMILES string of the molecule is CCCc1cc(C)ccc1C1(C)CC1. The molecule has 14 heavy (non-hydrogen) atoms. The van der Waals surface area contributed by atoms with Gasteiger partial charge in [0.25, 0.3) is 0 Å². The molecule has 0 saturated heterocycles. The summed E-state index contributed by atoms with van der Waals surface area (Å²) in [5.41, 5.74) is 5.14. The summed E-state index contributed by atoms with van der Waals surface area (Å²) >= 11 is 0. The second-order valence-electron chi connectivity index (χ2n) is 4.97. The van der Waals surface area contributed by atoms with Crippen LogP contribution in [0.1, 0.15) is 49.8 Å². The van der Waals surface area contributed by atoms with E-state index >= 15 is 0 Å². The van der Waals surface area contributed by atoms with Crippen molar-refractivity contribution in [2.45, 2.75) is 51.9 Å². The molecule has 0 radical (unpaired) electrons. The largest absolute Gasteiger partial charge is 0.0651 e. The molecule has 0 atom stereocenters. The summed E-state index contributed by atoms with van der Waals surface area (Å²) in [6.07, 6.45) is 5.26. The maximum absolute atomic E-state index is 2.40. The van der Waals surface area contributed by atoms with Crippen molar-refractivity contribution in [3.8, 4) is 0 Å². The normalized spacial score (nSPS) is 18.2. The summed E-state index contributed by atoms with van der Waals surface area (Å²) < 4.78 is 0. The highest BCUT2D eigenvalue weighted by molar-refractivity contribution is 5.40. The molecule has 0 nitrogen and oxygen atoms in total. The van der Waals surface area contributed by atoms with Gasteiger partial charge in [0.1, 0.15) is 0 Å². The van der Waals surface area contributed by atoms with Crippen molar-refractivity contribution in [2.24, 2.45) is 0 Å². The Labute approximate surface area is 87.3 Å². The molecular weight excluding hydrogens is 168 g/mol. The predicted octanol–water partition coefficient (Wildman–Crippen LogP) is 4.00. The predicted molar refractivity (Wildman–Crippen MR) is 61.8 cm³/mol. The van der Waals surface area contributed by atoms with E-state index in [2.05, 4.69) is 39.0 Å². The molecule has 0 heterocycles. The van der Waals surface area contributed by atoms with E-state index < -0.39 is 0 Å². The number of rotatable bonds is 3. The third-order valence-electron chi connectivity index (χ3n) is 3.43. The van der Waals surface area contributed by atoms with Crippen LogP contribution in [0.25, 0.3) is 0 Å². The van der Waals surface area contributed by atoms with E-state index in [1.165, 1.54) is 31.2 Å². The Kier molecular flexibility index (Phi) is 2.38. The lowest BCUT2D eigenvalue weighted by molar-refractivity contribution is 0.759. The van der Waals surface area contributed by atoms with Crippen LogP contribution in [0.4, 0.5) is 0 Å². The highest BCUT2D eigenvalue weighted by atomic mass is 14.4. The molecular formula is C14H20. The quantitative estimate of drug-likeness (QED) is 0.672. The molecule has 1 aliphatic carbocycles. The average molecular weight is 188 g/mol. The molecule has 1 aromatic rings. The van der Waals surface area contributed by atoms with Gasteiger partial charge >= 0.3 is 0 Å². The molecule has 0 heteroatoms. The van der Waals surface area contributed by atoms with E-state index in [4.69, 9.17) is 0 Å². The van der Waals surface area contributed by atoms with Gasteiger partial charge in [0.05, 0.1) is 0 Å². The molecule has 0 aliphatic heterocycles. The van der Waals surface area contributed by atoms with Crippen LogP contribution in [-0.4, -0.2) is 0 Å². The second-order valence-corrected chi connectivity index (χ2v) is 4.97. The van der Waals surface area contributed by atoms with Gasteiger partial charge in [-0.1, -0.05) is 44.0 Å². The molecule has 0 bridgehead atoms. The van der Waals surface area contributed by atoms with Crippen LogP contribution in [0.3, 0.4) is 0 Å². The minimum absolute atomic E-state index is 0.526. The molecule has 0 unspecified atom stereocenters. The fourth-order valence-electron chi connectivity index (χ4n) is 2.24. The average Bonchev–Trinajstić information content (AvgIpc) is 2.85. The maximum Gasteiger partial charge on any atom is -0.00719 e. The lowest BCUT2D eigenvalue weighted by Gasteiger charge is -2.15. The van der Waals surface area contributed by atoms with Gasteiger partial charge in [-0.15, -0.1) is 0 Å². The topological polar surface area (TPSA) is 0 Å². The lowest BCUT2D eigenvalue weighted by Crippen LogP contribution is -2.05. The van der Waals surface area contributed by atoms with Crippen molar-refractivity contribution in [1.82, 2.24) is 0 Å². The molecule has 0 aromatic heterocycles. The molecule has 1 aromatic carbocycles. The van der Waals surface area contributed by atoms with Crippen LogP contribution < -0.4 is 0 Å². The Balaban J connectivity index is 2.37. The zero-order valence-electron chi connectivity index (χ0n) is 9.56. The van der Waals surface area contributed by atoms with Crippen molar-refractivity contribution < 1.29 is 0 Å². The monoisotopic (exact) mass is 188 g/mol. The van der Waals surface area contributed by atoms with Crippen LogP contribution in [0.5, 0.6) is 0 Å². The standard InChI is InChI=1S/C14H20/c1-4-5-12-10-11(2)6-7-13(12)14(3)8-9-14/h6-7,10H,4-5,8-9H2,1-3H3. The third kappa shape index (κ3) is 1.70. The summed E-state index contributed by atoms with van der Waals surface area (Å²) in [6.45, 7) is 6.86. The molecule has 2 rings (SSSR count). The molecule has 1 saturated carbocycles. The van der Waals surface area contributed by atoms with Gasteiger partial charge in [0, 0.05) is 0 Å². The first-order chi connectivity index (χ1) is 6.65. The number of aryl methyl sites for hydroxylation is 2. The molecule has 0 N–H and O–H groups in total. The van der Waals surface area contributed by atoms with Gasteiger partial charge in [0.15, 0.2) is 0 Å². The van der Waals surface area contributed by atoms with Crippen molar-refractivity contribution in [3.05, 3.63) is 34.9 Å². The fraction of sp³-hybridized carbons (Fsp3) is 0.571.